The molecule has 0 amide bonds. The van der Waals surface area contributed by atoms with Gasteiger partial charge >= 0.3 is 5.97 Å². The van der Waals surface area contributed by atoms with E-state index >= 15 is 0 Å². The van der Waals surface area contributed by atoms with E-state index < -0.39 is 17.2 Å². The molecule has 0 aliphatic rings. The van der Waals surface area contributed by atoms with E-state index in [2.05, 4.69) is 10.1 Å². The topological polar surface area (TPSA) is 38.3 Å². The fourth-order valence-electron chi connectivity index (χ4n) is 1.23. The van der Waals surface area contributed by atoms with Crippen molar-refractivity contribution in [2.75, 3.05) is 13.7 Å². The van der Waals surface area contributed by atoms with Crippen LogP contribution in [0.2, 0.25) is 5.02 Å². The van der Waals surface area contributed by atoms with E-state index in [1.807, 2.05) is 0 Å². The van der Waals surface area contributed by atoms with Gasteiger partial charge in [-0.3, -0.25) is 4.79 Å². The monoisotopic (exact) mass is 279 g/mol. The second-order valence-corrected chi connectivity index (χ2v) is 4.24. The summed E-state index contributed by atoms with van der Waals surface area (Å²) in [5.74, 6) is -0.981. The lowest BCUT2D eigenvalue weighted by Gasteiger charge is -2.10. The Morgan fingerprint density at radius 3 is 2.94 bits per heavy atom. The number of rotatable bonds is 5. The zero-order valence-electron chi connectivity index (χ0n) is 9.17. The zero-order chi connectivity index (χ0) is 12.8. The summed E-state index contributed by atoms with van der Waals surface area (Å²) in [5, 5.41) is 2.20. The van der Waals surface area contributed by atoms with E-state index in [-0.39, 0.29) is 11.6 Å². The predicted molar refractivity (Wildman–Crippen MR) is 64.8 cm³/mol. The molecule has 0 fully saturated rings. The Morgan fingerprint density at radius 2 is 2.29 bits per heavy atom. The number of nitrogens with one attached hydrogen (secondary N) is 1. The average molecular weight is 280 g/mol. The summed E-state index contributed by atoms with van der Waals surface area (Å²) in [4.78, 5) is 11.0. The lowest BCUT2D eigenvalue weighted by atomic mass is 10.2. The molecule has 0 spiro atoms. The normalized spacial score (nSPS) is 12.2. The third-order valence-electron chi connectivity index (χ3n) is 2.13. The van der Waals surface area contributed by atoms with Gasteiger partial charge in [-0.15, -0.1) is 11.6 Å². The first kappa shape index (κ1) is 14.2. The van der Waals surface area contributed by atoms with Crippen LogP contribution in [0.5, 0.6) is 0 Å². The van der Waals surface area contributed by atoms with Crippen molar-refractivity contribution in [1.29, 1.82) is 0 Å². The maximum atomic E-state index is 13.1. The van der Waals surface area contributed by atoms with Gasteiger partial charge < -0.3 is 10.1 Å². The van der Waals surface area contributed by atoms with Crippen molar-refractivity contribution in [3.8, 4) is 0 Å². The third kappa shape index (κ3) is 4.15. The van der Waals surface area contributed by atoms with Gasteiger partial charge in [0.2, 0.25) is 0 Å². The highest BCUT2D eigenvalue weighted by Crippen LogP contribution is 2.19. The Morgan fingerprint density at radius 1 is 1.59 bits per heavy atom. The lowest BCUT2D eigenvalue weighted by molar-refractivity contribution is -0.140. The molecule has 17 heavy (non-hydrogen) atoms. The number of esters is 1. The second kappa shape index (κ2) is 6.79. The van der Waals surface area contributed by atoms with Crippen molar-refractivity contribution < 1.29 is 13.9 Å². The van der Waals surface area contributed by atoms with Crippen LogP contribution in [-0.4, -0.2) is 25.0 Å². The van der Waals surface area contributed by atoms with E-state index in [0.29, 0.717) is 12.1 Å². The molecule has 1 N–H and O–H groups in total. The molecule has 94 valence electrons. The molecule has 0 aliphatic carbocycles. The minimum atomic E-state index is -0.771. The van der Waals surface area contributed by atoms with Gasteiger partial charge in [0.1, 0.15) is 11.2 Å². The number of carbonyl (C=O) groups excluding carboxylic acids is 1. The quantitative estimate of drug-likeness (QED) is 0.664. The number of ether oxygens (including phenoxy) is 1. The van der Waals surface area contributed by atoms with Gasteiger partial charge in [-0.2, -0.15) is 0 Å². The lowest BCUT2D eigenvalue weighted by Crippen LogP contribution is -2.29. The van der Waals surface area contributed by atoms with Crippen LogP contribution < -0.4 is 5.32 Å². The maximum Gasteiger partial charge on any atom is 0.325 e. The van der Waals surface area contributed by atoms with Crippen LogP contribution >= 0.6 is 23.2 Å². The van der Waals surface area contributed by atoms with E-state index in [9.17, 15) is 9.18 Å². The van der Waals surface area contributed by atoms with E-state index in [0.717, 1.165) is 0 Å². The first-order valence-corrected chi connectivity index (χ1v) is 5.73. The molecule has 0 aliphatic heterocycles. The Bertz CT molecular complexity index is 401. The summed E-state index contributed by atoms with van der Waals surface area (Å²) in [5.41, 5.74) is 0.611. The largest absolute Gasteiger partial charge is 0.468 e. The number of halogens is 3. The Kier molecular flexibility index (Phi) is 5.68. The van der Waals surface area contributed by atoms with Crippen LogP contribution in [0.3, 0.4) is 0 Å². The Labute approximate surface area is 109 Å². The number of carbonyl (C=O) groups is 1. The van der Waals surface area contributed by atoms with Gasteiger partial charge in [0.05, 0.1) is 12.1 Å². The number of hydrogen-bond donors (Lipinski definition) is 1. The second-order valence-electron chi connectivity index (χ2n) is 3.33. The standard InChI is InChI=1S/C11H12Cl2FNO2/c1-17-11(16)8(12)6-15-5-7-3-2-4-9(14)10(7)13/h2-4,8,15H,5-6H2,1H3. The molecule has 0 saturated carbocycles. The van der Waals surface area contributed by atoms with Gasteiger partial charge in [-0.05, 0) is 11.6 Å². The molecule has 3 nitrogen and oxygen atoms in total. The summed E-state index contributed by atoms with van der Waals surface area (Å²) < 4.78 is 17.5. The number of methoxy groups -OCH3 is 1. The molecule has 1 rings (SSSR count). The highest BCUT2D eigenvalue weighted by Gasteiger charge is 2.15. The number of hydrogen-bond acceptors (Lipinski definition) is 3. The minimum absolute atomic E-state index is 0.0733. The third-order valence-corrected chi connectivity index (χ3v) is 2.88. The van der Waals surface area contributed by atoms with Crippen LogP contribution in [0, 0.1) is 5.82 Å². The fourth-order valence-corrected chi connectivity index (χ4v) is 1.62. The first-order valence-electron chi connectivity index (χ1n) is 4.91. The van der Waals surface area contributed by atoms with Gasteiger partial charge in [-0.25, -0.2) is 4.39 Å². The SMILES string of the molecule is COC(=O)C(Cl)CNCc1cccc(F)c1Cl. The van der Waals surface area contributed by atoms with Gasteiger partial charge in [0.25, 0.3) is 0 Å². The number of benzene rings is 1. The summed E-state index contributed by atoms with van der Waals surface area (Å²) >= 11 is 11.5. The molecule has 0 aromatic heterocycles. The molecule has 1 atom stereocenters. The summed E-state index contributed by atoms with van der Waals surface area (Å²) in [6.07, 6.45) is 0. The van der Waals surface area contributed by atoms with Crippen molar-refractivity contribution in [2.45, 2.75) is 11.9 Å². The molecule has 0 saturated heterocycles. The van der Waals surface area contributed by atoms with Crippen LogP contribution in [0.1, 0.15) is 5.56 Å². The van der Waals surface area contributed by atoms with Crippen LogP contribution in [0.15, 0.2) is 18.2 Å². The highest BCUT2D eigenvalue weighted by molar-refractivity contribution is 6.31. The van der Waals surface area contributed by atoms with Crippen molar-refractivity contribution in [3.05, 3.63) is 34.6 Å². The molecule has 1 aromatic carbocycles. The molecule has 6 heteroatoms. The van der Waals surface area contributed by atoms with Crippen molar-refractivity contribution in [1.82, 2.24) is 5.32 Å². The summed E-state index contributed by atoms with van der Waals surface area (Å²) in [6.45, 7) is 0.553. The predicted octanol–water partition coefficient (Wildman–Crippen LogP) is 2.35. The molecule has 1 aromatic rings. The smallest absolute Gasteiger partial charge is 0.325 e. The van der Waals surface area contributed by atoms with Crippen LogP contribution in [0.25, 0.3) is 0 Å². The van der Waals surface area contributed by atoms with Crippen LogP contribution in [0.4, 0.5) is 4.39 Å². The molecular weight excluding hydrogens is 268 g/mol. The van der Waals surface area contributed by atoms with Gasteiger partial charge in [-0.1, -0.05) is 23.7 Å². The maximum absolute atomic E-state index is 13.1. The number of alkyl halides is 1. The zero-order valence-corrected chi connectivity index (χ0v) is 10.7. The summed E-state index contributed by atoms with van der Waals surface area (Å²) in [7, 11) is 1.27. The first-order chi connectivity index (χ1) is 8.06. The molecule has 0 heterocycles. The van der Waals surface area contributed by atoms with Crippen LogP contribution in [-0.2, 0) is 16.1 Å². The Hall–Kier alpha value is -0.840. The molecule has 0 radical (unpaired) electrons. The van der Waals surface area contributed by atoms with Gasteiger partial charge in [0.15, 0.2) is 0 Å². The van der Waals surface area contributed by atoms with E-state index in [4.69, 9.17) is 23.2 Å². The highest BCUT2D eigenvalue weighted by atomic mass is 35.5. The molecule has 0 bridgehead atoms. The molecular formula is C11H12Cl2FNO2. The van der Waals surface area contributed by atoms with E-state index in [1.165, 1.54) is 13.2 Å². The van der Waals surface area contributed by atoms with Crippen molar-refractivity contribution in [3.63, 3.8) is 0 Å². The minimum Gasteiger partial charge on any atom is -0.468 e. The van der Waals surface area contributed by atoms with E-state index in [1.54, 1.807) is 12.1 Å². The van der Waals surface area contributed by atoms with Crippen molar-refractivity contribution >= 4 is 29.2 Å². The van der Waals surface area contributed by atoms with Gasteiger partial charge in [0, 0.05) is 13.1 Å². The Balaban J connectivity index is 2.46. The van der Waals surface area contributed by atoms with Crippen molar-refractivity contribution in [2.24, 2.45) is 0 Å². The average Bonchev–Trinajstić information content (AvgIpc) is 2.33. The fraction of sp³-hybridized carbons (Fsp3) is 0.364. The molecule has 1 unspecified atom stereocenters. The summed E-state index contributed by atoms with van der Waals surface area (Å²) in [6, 6.07) is 4.54.